The van der Waals surface area contributed by atoms with E-state index in [4.69, 9.17) is 16.2 Å². The fourth-order valence-electron chi connectivity index (χ4n) is 3.35. The highest BCUT2D eigenvalue weighted by Gasteiger charge is 2.22. The topological polar surface area (TPSA) is 137 Å². The Balaban J connectivity index is 2.00. The lowest BCUT2D eigenvalue weighted by Crippen LogP contribution is -2.23. The van der Waals surface area contributed by atoms with Gasteiger partial charge in [0, 0.05) is 40.6 Å². The first-order valence-corrected chi connectivity index (χ1v) is 12.7. The highest BCUT2D eigenvalue weighted by atomic mass is 79.9. The summed E-state index contributed by atoms with van der Waals surface area (Å²) in [5.41, 5.74) is 12.7. The van der Waals surface area contributed by atoms with Crippen LogP contribution in [0.4, 0.5) is 20.2 Å². The van der Waals surface area contributed by atoms with Crippen LogP contribution in [0.25, 0.3) is 0 Å². The smallest absolute Gasteiger partial charge is 0.281 e. The molecule has 3 aromatic carbocycles. The lowest BCUT2D eigenvalue weighted by molar-refractivity contribution is 0.100. The average Bonchev–Trinajstić information content (AvgIpc) is 2.78. The second-order valence-corrected chi connectivity index (χ2v) is 10.7. The molecule has 0 saturated carbocycles. The number of nitrogens with two attached hydrogens (primary N) is 2. The largest absolute Gasteiger partial charge is 0.398 e. The van der Waals surface area contributed by atoms with Crippen LogP contribution in [0, 0.1) is 11.6 Å². The molecule has 3 aromatic rings. The average molecular weight is 581 g/mol. The molecule has 190 valence electrons. The molecule has 0 saturated heterocycles. The molecule has 0 aliphatic heterocycles. The minimum Gasteiger partial charge on any atom is -0.398 e. The van der Waals surface area contributed by atoms with Gasteiger partial charge in [-0.15, -0.1) is 0 Å². The van der Waals surface area contributed by atoms with E-state index in [1.165, 1.54) is 12.1 Å². The van der Waals surface area contributed by atoms with Gasteiger partial charge in [0.1, 0.15) is 17.5 Å². The zero-order valence-electron chi connectivity index (χ0n) is 19.3. The summed E-state index contributed by atoms with van der Waals surface area (Å²) in [4.78, 5) is 16.0. The lowest BCUT2D eigenvalue weighted by atomic mass is 10.1. The van der Waals surface area contributed by atoms with E-state index >= 15 is 0 Å². The van der Waals surface area contributed by atoms with E-state index in [2.05, 4.69) is 26.2 Å². The second-order valence-electron chi connectivity index (χ2n) is 7.85. The van der Waals surface area contributed by atoms with Gasteiger partial charge in [0.05, 0.1) is 22.0 Å². The monoisotopic (exact) mass is 580 g/mol. The van der Waals surface area contributed by atoms with Gasteiger partial charge >= 0.3 is 0 Å². The summed E-state index contributed by atoms with van der Waals surface area (Å²) < 4.78 is 59.0. The van der Waals surface area contributed by atoms with Crippen molar-refractivity contribution in [1.29, 1.82) is 0 Å². The van der Waals surface area contributed by atoms with Gasteiger partial charge in [-0.3, -0.25) is 4.79 Å². The van der Waals surface area contributed by atoms with Crippen LogP contribution in [0.15, 0.2) is 73.9 Å². The first kappa shape index (κ1) is 27.2. The molecular weight excluding hydrogens is 558 g/mol. The third kappa shape index (κ3) is 6.25. The molecule has 0 bridgehead atoms. The summed E-state index contributed by atoms with van der Waals surface area (Å²) in [6.07, 6.45) is 0. The summed E-state index contributed by atoms with van der Waals surface area (Å²) in [5, 5.41) is 3.16. The number of hydrogen-bond acceptors (Lipinski definition) is 6. The summed E-state index contributed by atoms with van der Waals surface area (Å²) in [7, 11) is -2.77. The van der Waals surface area contributed by atoms with Crippen LogP contribution in [0.3, 0.4) is 0 Å². The van der Waals surface area contributed by atoms with Crippen molar-refractivity contribution in [2.45, 2.75) is 22.8 Å². The molecule has 5 N–H and O–H groups in total. The predicted octanol–water partition coefficient (Wildman–Crippen LogP) is 4.13. The van der Waals surface area contributed by atoms with Crippen LogP contribution in [0.5, 0.6) is 0 Å². The molecule has 0 aliphatic carbocycles. The van der Waals surface area contributed by atoms with Crippen molar-refractivity contribution in [1.82, 2.24) is 0 Å². The van der Waals surface area contributed by atoms with Crippen LogP contribution < -0.4 is 16.8 Å². The van der Waals surface area contributed by atoms with Crippen molar-refractivity contribution in [2.75, 3.05) is 24.8 Å². The molecule has 1 unspecified atom stereocenters. The molecular formula is C24H23BrF2N4O4S. The fourth-order valence-corrected chi connectivity index (χ4v) is 5.04. The maximum atomic E-state index is 13.6. The van der Waals surface area contributed by atoms with Crippen LogP contribution in [0.1, 0.15) is 22.8 Å². The predicted molar refractivity (Wildman–Crippen MR) is 137 cm³/mol. The van der Waals surface area contributed by atoms with Gasteiger partial charge in [-0.05, 0) is 55.5 Å². The minimum absolute atomic E-state index is 0.0272. The summed E-state index contributed by atoms with van der Waals surface area (Å²) >= 11 is 3.36. The zero-order valence-corrected chi connectivity index (χ0v) is 21.7. The van der Waals surface area contributed by atoms with E-state index in [1.54, 1.807) is 25.3 Å². The van der Waals surface area contributed by atoms with Crippen molar-refractivity contribution in [3.8, 4) is 0 Å². The third-order valence-electron chi connectivity index (χ3n) is 5.01. The van der Waals surface area contributed by atoms with E-state index in [-0.39, 0.29) is 33.6 Å². The highest BCUT2D eigenvalue weighted by Crippen LogP contribution is 2.27. The molecule has 8 nitrogen and oxygen atoms in total. The Bertz CT molecular complexity index is 1430. The normalized spacial score (nSPS) is 12.9. The Morgan fingerprint density at radius 3 is 2.36 bits per heavy atom. The quantitative estimate of drug-likeness (QED) is 0.207. The zero-order chi connectivity index (χ0) is 26.6. The molecule has 36 heavy (non-hydrogen) atoms. The van der Waals surface area contributed by atoms with E-state index in [0.717, 1.165) is 10.5 Å². The Kier molecular flexibility index (Phi) is 8.43. The summed E-state index contributed by atoms with van der Waals surface area (Å²) in [6, 6.07) is 10.3. The number of sulfone groups is 1. The van der Waals surface area contributed by atoms with Gasteiger partial charge in [0.2, 0.25) is 9.84 Å². The molecule has 0 aromatic heterocycles. The number of hydrogen-bond donors (Lipinski definition) is 3. The molecule has 0 radical (unpaired) electrons. The van der Waals surface area contributed by atoms with Gasteiger partial charge < -0.3 is 21.5 Å². The molecule has 1 amide bonds. The SMILES string of the molecule is COCC(C)Nc1cc(Br)ccc1C(=O)N=C(N)c1cc(S(=O)(=O)c2cc(F)cc(F)c2)ccc1N. The number of benzene rings is 3. The fraction of sp³-hybridized carbons (Fsp3) is 0.167. The van der Waals surface area contributed by atoms with Crippen LogP contribution in [0.2, 0.25) is 0 Å². The Morgan fingerprint density at radius 2 is 1.72 bits per heavy atom. The van der Waals surface area contributed by atoms with Gasteiger partial charge in [0.15, 0.2) is 0 Å². The molecule has 0 heterocycles. The number of amidine groups is 1. The van der Waals surface area contributed by atoms with E-state index < -0.39 is 32.3 Å². The van der Waals surface area contributed by atoms with E-state index in [1.807, 2.05) is 6.92 Å². The number of nitrogen functional groups attached to an aromatic ring is 1. The maximum absolute atomic E-state index is 13.6. The summed E-state index contributed by atoms with van der Waals surface area (Å²) in [6.45, 7) is 2.26. The third-order valence-corrected chi connectivity index (χ3v) is 7.23. The molecule has 0 spiro atoms. The molecule has 3 rings (SSSR count). The number of nitrogens with zero attached hydrogens (tertiary/aromatic N) is 1. The Hall–Kier alpha value is -3.35. The second kappa shape index (κ2) is 11.1. The number of ether oxygens (including phenoxy) is 1. The number of halogens is 3. The van der Waals surface area contributed by atoms with Crippen molar-refractivity contribution < 1.29 is 26.7 Å². The number of methoxy groups -OCH3 is 1. The maximum Gasteiger partial charge on any atom is 0.281 e. The number of aliphatic imine (C=N–C) groups is 1. The van der Waals surface area contributed by atoms with Crippen molar-refractivity contribution in [3.05, 3.63) is 81.8 Å². The summed E-state index contributed by atoms with van der Waals surface area (Å²) in [5.74, 6) is -3.13. The van der Waals surface area contributed by atoms with Gasteiger partial charge in [0.25, 0.3) is 5.91 Å². The number of nitrogens with one attached hydrogen (secondary N) is 1. The number of amides is 1. The molecule has 12 heteroatoms. The molecule has 0 fully saturated rings. The van der Waals surface area contributed by atoms with Gasteiger partial charge in [-0.25, -0.2) is 17.2 Å². The molecule has 1 atom stereocenters. The highest BCUT2D eigenvalue weighted by molar-refractivity contribution is 9.10. The van der Waals surface area contributed by atoms with Crippen LogP contribution in [-0.4, -0.2) is 39.9 Å². The van der Waals surface area contributed by atoms with Crippen LogP contribution in [-0.2, 0) is 14.6 Å². The van der Waals surface area contributed by atoms with Crippen molar-refractivity contribution in [3.63, 3.8) is 0 Å². The number of carbonyl (C=O) groups excluding carboxylic acids is 1. The first-order chi connectivity index (χ1) is 16.9. The van der Waals surface area contributed by atoms with Gasteiger partial charge in [-0.1, -0.05) is 15.9 Å². The van der Waals surface area contributed by atoms with Crippen LogP contribution >= 0.6 is 15.9 Å². The Morgan fingerprint density at radius 1 is 1.06 bits per heavy atom. The first-order valence-electron chi connectivity index (χ1n) is 10.5. The minimum atomic E-state index is -4.33. The number of carbonyl (C=O) groups is 1. The Labute approximate surface area is 215 Å². The van der Waals surface area contributed by atoms with Crippen molar-refractivity contribution >= 4 is 48.9 Å². The standard InChI is InChI=1S/C24H23BrF2N4O4S/c1-13(12-35-2)30-22-7-14(25)3-5-19(22)24(32)31-23(29)20-11-17(4-6-21(20)28)36(33,34)18-9-15(26)8-16(27)10-18/h3-11,13,30H,12,28H2,1-2H3,(H2,29,31,32). The molecule has 0 aliphatic rings. The number of rotatable bonds is 8. The van der Waals surface area contributed by atoms with Crippen molar-refractivity contribution in [2.24, 2.45) is 10.7 Å². The van der Waals surface area contributed by atoms with E-state index in [9.17, 15) is 22.0 Å². The lowest BCUT2D eigenvalue weighted by Gasteiger charge is -2.17. The van der Waals surface area contributed by atoms with E-state index in [0.29, 0.717) is 30.5 Å². The van der Waals surface area contributed by atoms with Gasteiger partial charge in [-0.2, -0.15) is 4.99 Å². The number of anilines is 2.